The third kappa shape index (κ3) is 21.4. The molecule has 8 heterocycles. The van der Waals surface area contributed by atoms with E-state index in [1.54, 1.807) is 48.8 Å². The van der Waals surface area contributed by atoms with Crippen LogP contribution in [0, 0.1) is 0 Å². The molecular weight excluding hydrogens is 1060 g/mol. The Labute approximate surface area is 479 Å². The number of esters is 2. The first-order chi connectivity index (χ1) is 38.6. The number of carbonyl (C=O) groups is 8. The van der Waals surface area contributed by atoms with Gasteiger partial charge in [-0.25, -0.2) is 29.5 Å². The van der Waals surface area contributed by atoms with Crippen molar-refractivity contribution in [2.45, 2.75) is 124 Å². The molecule has 4 aromatic rings. The highest BCUT2D eigenvalue weighted by atomic mass is 16.6. The molecule has 0 aromatic carbocycles. The summed E-state index contributed by atoms with van der Waals surface area (Å²) in [5.74, 6) is -0.349. The van der Waals surface area contributed by atoms with Gasteiger partial charge < -0.3 is 44.7 Å². The van der Waals surface area contributed by atoms with E-state index in [0.29, 0.717) is 42.3 Å². The molecule has 4 aromatic heterocycles. The van der Waals surface area contributed by atoms with Gasteiger partial charge in [-0.3, -0.25) is 44.3 Å². The fourth-order valence-corrected chi connectivity index (χ4v) is 8.30. The van der Waals surface area contributed by atoms with E-state index in [2.05, 4.69) is 68.1 Å². The lowest BCUT2D eigenvalue weighted by Gasteiger charge is -2.35. The number of imide groups is 2. The molecule has 24 nitrogen and oxygen atoms in total. The van der Waals surface area contributed by atoms with Crippen molar-refractivity contribution in [2.75, 3.05) is 81.9 Å². The van der Waals surface area contributed by atoms with Crippen LogP contribution in [0.3, 0.4) is 0 Å². The molecular formula is C58H80N12O12. The second-order valence-corrected chi connectivity index (χ2v) is 21.5. The normalized spacial score (nSPS) is 17.4. The molecule has 6 amide bonds. The van der Waals surface area contributed by atoms with Crippen LogP contribution in [0.5, 0.6) is 11.5 Å². The third-order valence-corrected chi connectivity index (χ3v) is 12.6. The number of aromatic nitrogens is 4. The van der Waals surface area contributed by atoms with Crippen LogP contribution in [-0.4, -0.2) is 168 Å². The molecule has 4 aliphatic heterocycles. The molecule has 0 saturated carbocycles. The molecule has 8 rings (SSSR count). The van der Waals surface area contributed by atoms with Crippen molar-refractivity contribution in [3.8, 4) is 11.5 Å². The van der Waals surface area contributed by atoms with Crippen LogP contribution in [0.2, 0.25) is 0 Å². The molecule has 24 heteroatoms. The Bertz CT molecular complexity index is 2760. The average Bonchev–Trinajstić information content (AvgIpc) is 3.46. The van der Waals surface area contributed by atoms with Crippen LogP contribution < -0.4 is 45.9 Å². The average molecular weight is 1140 g/mol. The molecule has 0 aliphatic carbocycles. The Kier molecular flexibility index (Phi) is 24.6. The van der Waals surface area contributed by atoms with Crippen LogP contribution in [-0.2, 0) is 28.7 Å². The van der Waals surface area contributed by atoms with Gasteiger partial charge in [0.25, 0.3) is 11.8 Å². The van der Waals surface area contributed by atoms with E-state index < -0.39 is 46.9 Å². The van der Waals surface area contributed by atoms with E-state index in [1.165, 1.54) is 12.4 Å². The first-order valence-corrected chi connectivity index (χ1v) is 27.4. The molecule has 2 unspecified atom stereocenters. The van der Waals surface area contributed by atoms with Crippen LogP contribution in [0.4, 0.5) is 11.6 Å². The van der Waals surface area contributed by atoms with Crippen LogP contribution in [0.1, 0.15) is 143 Å². The summed E-state index contributed by atoms with van der Waals surface area (Å²) >= 11 is 0. The number of hydrogen-bond acceptors (Lipinski definition) is 20. The number of piperidine rings is 2. The van der Waals surface area contributed by atoms with Crippen LogP contribution in [0.25, 0.3) is 0 Å². The summed E-state index contributed by atoms with van der Waals surface area (Å²) in [5, 5.41) is 12.9. The monoisotopic (exact) mass is 1140 g/mol. The maximum Gasteiger partial charge on any atom is 0.340 e. The molecule has 4 aliphatic rings. The topological polar surface area (TPSA) is 295 Å². The van der Waals surface area contributed by atoms with Crippen molar-refractivity contribution in [3.63, 3.8) is 0 Å². The largest absolute Gasteiger partial charge is 0.492 e. The summed E-state index contributed by atoms with van der Waals surface area (Å²) < 4.78 is 21.9. The smallest absolute Gasteiger partial charge is 0.340 e. The summed E-state index contributed by atoms with van der Waals surface area (Å²) in [5.41, 5.74) is 0.286. The van der Waals surface area contributed by atoms with Gasteiger partial charge in [0.05, 0.1) is 36.7 Å². The number of ether oxygens (including phenoxy) is 4. The second kappa shape index (κ2) is 31.2. The molecule has 444 valence electrons. The zero-order valence-corrected chi connectivity index (χ0v) is 47.3. The minimum Gasteiger partial charge on any atom is -0.492 e. The highest BCUT2D eigenvalue weighted by Crippen LogP contribution is 2.19. The molecule has 5 N–H and O–H groups in total. The number of carbonyl (C=O) groups excluding carboxylic acids is 8. The number of rotatable bonds is 17. The van der Waals surface area contributed by atoms with Gasteiger partial charge in [0.15, 0.2) is 0 Å². The van der Waals surface area contributed by atoms with Gasteiger partial charge in [0.2, 0.25) is 23.6 Å². The minimum atomic E-state index is -0.745. The van der Waals surface area contributed by atoms with E-state index >= 15 is 0 Å². The van der Waals surface area contributed by atoms with Crippen LogP contribution >= 0.6 is 0 Å². The van der Waals surface area contributed by atoms with Crippen molar-refractivity contribution in [3.05, 3.63) is 95.8 Å². The first-order valence-electron chi connectivity index (χ1n) is 27.4. The van der Waals surface area contributed by atoms with Crippen LogP contribution in [0.15, 0.2) is 73.3 Å². The van der Waals surface area contributed by atoms with Gasteiger partial charge in [0.1, 0.15) is 57.8 Å². The number of piperazine rings is 2. The molecule has 0 bridgehead atoms. The van der Waals surface area contributed by atoms with E-state index in [0.717, 1.165) is 89.8 Å². The van der Waals surface area contributed by atoms with Gasteiger partial charge in [0, 0.05) is 84.1 Å². The highest BCUT2D eigenvalue weighted by molar-refractivity contribution is 6.04. The van der Waals surface area contributed by atoms with E-state index in [9.17, 15) is 38.4 Å². The molecule has 4 fully saturated rings. The molecule has 82 heavy (non-hydrogen) atoms. The number of hydrogen-bond donors (Lipinski definition) is 5. The van der Waals surface area contributed by atoms with Crippen molar-refractivity contribution in [1.29, 1.82) is 0 Å². The van der Waals surface area contributed by atoms with Crippen molar-refractivity contribution < 1.29 is 57.3 Å². The fraction of sp³-hybridized carbons (Fsp3) is 0.517. The zero-order chi connectivity index (χ0) is 58.5. The zero-order valence-electron chi connectivity index (χ0n) is 47.3. The van der Waals surface area contributed by atoms with Gasteiger partial charge in [-0.1, -0.05) is 20.8 Å². The van der Waals surface area contributed by atoms with Gasteiger partial charge in [-0.05, 0) is 116 Å². The highest BCUT2D eigenvalue weighted by Gasteiger charge is 2.30. The molecule has 4 saturated heterocycles. The number of anilines is 2. The van der Waals surface area contributed by atoms with Gasteiger partial charge in [-0.15, -0.1) is 0 Å². The van der Waals surface area contributed by atoms with Crippen molar-refractivity contribution in [2.24, 2.45) is 0 Å². The SMILES string of the molecule is C.CC(C)(C)OC(=O)c1ccc(N2CCN(CCCOc3ccc(C(=O)NC4CCC(=O)NC4=O)nc3)CC2)nc1.CC(C)(C)OC(=O)c1ccc(N2CCNCC2)nc1.CCCCOc1ccc(C(=O)NC2CCC(=O)NC2=O)nc1. The molecule has 0 spiro atoms. The van der Waals surface area contributed by atoms with Crippen molar-refractivity contribution >= 4 is 59.0 Å². The Morgan fingerprint density at radius 2 is 1.01 bits per heavy atom. The standard InChI is InChI=1S/C28H36N6O6.C15H19N3O4.C14H21N3O2.CH4/c1-28(2,3)40-27(38)19-5-9-23(30-17-19)34-14-12-33(13-15-34)11-4-16-39-20-6-7-21(29-18-20)25(36)31-22-8-10-24(35)32-26(22)37;1-2-3-8-22-10-4-5-11(16-9-10)14(20)17-12-6-7-13(19)18-15(12)21;1-14(2,3)19-13(18)11-4-5-12(16-10-11)17-8-6-15-7-9-17;/h5-7,9,17-18,22H,4,8,10-16H2,1-3H3,(H,31,36)(H,32,35,37);4-5,9,12H,2-3,6-8H2,1H3,(H,17,20)(H,18,19,21);4-5,10,15H,6-9H2,1-3H3;1H4. The number of amides is 6. The lowest BCUT2D eigenvalue weighted by molar-refractivity contribution is -0.136. The van der Waals surface area contributed by atoms with E-state index in [1.807, 2.05) is 53.7 Å². The number of unbranched alkanes of at least 4 members (excludes halogenated alkanes) is 1. The second-order valence-electron chi connectivity index (χ2n) is 21.5. The lowest BCUT2D eigenvalue weighted by atomic mass is 10.1. The Balaban J connectivity index is 0.000000247. The molecule has 2 atom stereocenters. The van der Waals surface area contributed by atoms with Gasteiger partial charge >= 0.3 is 11.9 Å². The summed E-state index contributed by atoms with van der Waals surface area (Å²) in [7, 11) is 0. The maximum absolute atomic E-state index is 12.4. The summed E-state index contributed by atoms with van der Waals surface area (Å²) in [4.78, 5) is 118. The van der Waals surface area contributed by atoms with Crippen molar-refractivity contribution in [1.82, 2.24) is 51.4 Å². The minimum absolute atomic E-state index is 0. The predicted molar refractivity (Wildman–Crippen MR) is 306 cm³/mol. The first kappa shape index (κ1) is 64.7. The quantitative estimate of drug-likeness (QED) is 0.0555. The summed E-state index contributed by atoms with van der Waals surface area (Å²) in [6.45, 7) is 22.5. The molecule has 0 radical (unpaired) electrons. The third-order valence-electron chi connectivity index (χ3n) is 12.6. The number of nitrogens with one attached hydrogen (secondary N) is 5. The lowest BCUT2D eigenvalue weighted by Crippen LogP contribution is -2.52. The number of nitrogens with zero attached hydrogens (tertiary/aromatic N) is 7. The Morgan fingerprint density at radius 3 is 1.39 bits per heavy atom. The summed E-state index contributed by atoms with van der Waals surface area (Å²) in [6, 6.07) is 12.3. The number of pyridine rings is 4. The Morgan fingerprint density at radius 1 is 0.573 bits per heavy atom. The summed E-state index contributed by atoms with van der Waals surface area (Å²) in [6.07, 6.45) is 9.93. The van der Waals surface area contributed by atoms with E-state index in [-0.39, 0.29) is 61.8 Å². The maximum atomic E-state index is 12.4. The Hall–Kier alpha value is -8.12. The fourth-order valence-electron chi connectivity index (χ4n) is 8.30. The van der Waals surface area contributed by atoms with Gasteiger partial charge in [-0.2, -0.15) is 0 Å². The van der Waals surface area contributed by atoms with E-state index in [4.69, 9.17) is 18.9 Å². The predicted octanol–water partition coefficient (Wildman–Crippen LogP) is 4.44.